The van der Waals surface area contributed by atoms with E-state index < -0.39 is 0 Å². The van der Waals surface area contributed by atoms with Gasteiger partial charge in [0.1, 0.15) is 5.76 Å². The number of oxazole rings is 1. The monoisotopic (exact) mass is 254 g/mol. The van der Waals surface area contributed by atoms with Gasteiger partial charge in [-0.25, -0.2) is 4.98 Å². The molecule has 0 unspecified atom stereocenters. The quantitative estimate of drug-likeness (QED) is 0.910. The van der Waals surface area contributed by atoms with E-state index in [1.807, 2.05) is 6.92 Å². The van der Waals surface area contributed by atoms with Gasteiger partial charge in [0.2, 0.25) is 11.1 Å². The van der Waals surface area contributed by atoms with Crippen molar-refractivity contribution in [2.75, 3.05) is 0 Å². The minimum atomic E-state index is -0.319. The second-order valence-electron chi connectivity index (χ2n) is 3.36. The summed E-state index contributed by atoms with van der Waals surface area (Å²) in [6, 6.07) is 1.50. The fourth-order valence-corrected chi connectivity index (χ4v) is 1.50. The summed E-state index contributed by atoms with van der Waals surface area (Å²) < 4.78 is 10.2. The number of hydrogen-bond acceptors (Lipinski definition) is 4. The van der Waals surface area contributed by atoms with Crippen LogP contribution in [0.25, 0.3) is 0 Å². The lowest BCUT2D eigenvalue weighted by atomic mass is 10.3. The Kier molecular flexibility index (Phi) is 3.49. The maximum absolute atomic E-state index is 11.7. The van der Waals surface area contributed by atoms with Crippen LogP contribution in [0.2, 0.25) is 5.22 Å². The average molecular weight is 255 g/mol. The highest BCUT2D eigenvalue weighted by molar-refractivity contribution is 6.32. The molecule has 1 N–H and O–H groups in total. The van der Waals surface area contributed by atoms with Crippen molar-refractivity contribution >= 4 is 17.5 Å². The second kappa shape index (κ2) is 5.05. The fourth-order valence-electron chi connectivity index (χ4n) is 1.30. The molecule has 2 aromatic rings. The number of carbonyl (C=O) groups excluding carboxylic acids is 1. The fraction of sp³-hybridized carbons (Fsp3) is 0.273. The number of nitrogens with zero attached hydrogens (tertiary/aromatic N) is 1. The largest absolute Gasteiger partial charge is 0.452 e. The van der Waals surface area contributed by atoms with E-state index in [9.17, 15) is 4.79 Å². The highest BCUT2D eigenvalue weighted by Gasteiger charge is 2.13. The molecule has 0 aliphatic carbocycles. The molecular formula is C11H11ClN2O3. The maximum atomic E-state index is 11.7. The van der Waals surface area contributed by atoms with Crippen LogP contribution in [0.3, 0.4) is 0 Å². The Balaban J connectivity index is 1.94. The second-order valence-corrected chi connectivity index (χ2v) is 3.71. The zero-order chi connectivity index (χ0) is 12.3. The Bertz CT molecular complexity index is 518. The smallest absolute Gasteiger partial charge is 0.256 e. The van der Waals surface area contributed by atoms with Crippen molar-refractivity contribution in [1.82, 2.24) is 10.3 Å². The molecule has 17 heavy (non-hydrogen) atoms. The average Bonchev–Trinajstić information content (AvgIpc) is 2.94. The Labute approximate surface area is 103 Å². The summed E-state index contributed by atoms with van der Waals surface area (Å²) in [4.78, 5) is 15.7. The number of furan rings is 1. The highest BCUT2D eigenvalue weighted by atomic mass is 35.5. The van der Waals surface area contributed by atoms with Gasteiger partial charge in [0.05, 0.1) is 24.6 Å². The van der Waals surface area contributed by atoms with Crippen molar-refractivity contribution < 1.29 is 13.6 Å². The number of rotatable bonds is 4. The third kappa shape index (κ3) is 2.68. The molecule has 1 amide bonds. The molecule has 2 heterocycles. The molecule has 0 bridgehead atoms. The molecule has 0 atom stereocenters. The van der Waals surface area contributed by atoms with Gasteiger partial charge in [0, 0.05) is 6.42 Å². The van der Waals surface area contributed by atoms with Crippen molar-refractivity contribution in [1.29, 1.82) is 0 Å². The molecular weight excluding hydrogens is 244 g/mol. The van der Waals surface area contributed by atoms with Crippen LogP contribution in [-0.2, 0) is 13.0 Å². The van der Waals surface area contributed by atoms with E-state index in [2.05, 4.69) is 10.3 Å². The Morgan fingerprint density at radius 1 is 1.59 bits per heavy atom. The lowest BCUT2D eigenvalue weighted by Gasteiger charge is -2.00. The van der Waals surface area contributed by atoms with Crippen LogP contribution in [-0.4, -0.2) is 10.9 Å². The summed E-state index contributed by atoms with van der Waals surface area (Å²) in [7, 11) is 0. The summed E-state index contributed by atoms with van der Waals surface area (Å²) in [5.74, 6) is 0.936. The van der Waals surface area contributed by atoms with Gasteiger partial charge in [0.25, 0.3) is 5.91 Å². The minimum Gasteiger partial charge on any atom is -0.452 e. The molecule has 90 valence electrons. The number of aryl methyl sites for hydroxylation is 1. The number of halogens is 1. The van der Waals surface area contributed by atoms with Crippen LogP contribution in [0, 0.1) is 0 Å². The number of aromatic nitrogens is 1. The van der Waals surface area contributed by atoms with Crippen molar-refractivity contribution in [3.63, 3.8) is 0 Å². The lowest BCUT2D eigenvalue weighted by molar-refractivity contribution is 0.0946. The van der Waals surface area contributed by atoms with Gasteiger partial charge >= 0.3 is 0 Å². The van der Waals surface area contributed by atoms with Gasteiger partial charge in [-0.1, -0.05) is 6.92 Å². The summed E-state index contributed by atoms with van der Waals surface area (Å²) >= 11 is 5.68. The topological polar surface area (TPSA) is 68.3 Å². The number of nitrogens with one attached hydrogen (secondary N) is 1. The Hall–Kier alpha value is -1.75. The van der Waals surface area contributed by atoms with Crippen LogP contribution in [0.1, 0.15) is 28.9 Å². The van der Waals surface area contributed by atoms with E-state index in [1.54, 1.807) is 6.20 Å². The Morgan fingerprint density at radius 3 is 3.00 bits per heavy atom. The number of hydrogen-bond donors (Lipinski definition) is 1. The lowest BCUT2D eigenvalue weighted by Crippen LogP contribution is -2.22. The molecule has 0 aliphatic heterocycles. The molecule has 0 spiro atoms. The van der Waals surface area contributed by atoms with Gasteiger partial charge in [-0.2, -0.15) is 0 Å². The molecule has 0 fully saturated rings. The van der Waals surface area contributed by atoms with E-state index in [4.69, 9.17) is 20.4 Å². The van der Waals surface area contributed by atoms with Crippen LogP contribution in [0.15, 0.2) is 27.4 Å². The van der Waals surface area contributed by atoms with Gasteiger partial charge in [-0.05, 0) is 17.7 Å². The van der Waals surface area contributed by atoms with Crippen LogP contribution >= 0.6 is 11.6 Å². The standard InChI is InChI=1S/C11H11ClN2O3/c1-2-7-5-13-9(17-7)6-14-11(15)8-3-4-16-10(8)12/h3-5H,2,6H2,1H3,(H,14,15). The summed E-state index contributed by atoms with van der Waals surface area (Å²) in [6.07, 6.45) is 3.78. The summed E-state index contributed by atoms with van der Waals surface area (Å²) in [5, 5.41) is 2.71. The molecule has 0 saturated carbocycles. The first kappa shape index (κ1) is 11.7. The third-order valence-corrected chi connectivity index (χ3v) is 2.51. The minimum absolute atomic E-state index is 0.0733. The zero-order valence-corrected chi connectivity index (χ0v) is 9.95. The predicted octanol–water partition coefficient (Wildman–Crippen LogP) is 2.41. The van der Waals surface area contributed by atoms with E-state index in [-0.39, 0.29) is 17.7 Å². The van der Waals surface area contributed by atoms with Crippen molar-refractivity contribution in [2.24, 2.45) is 0 Å². The van der Waals surface area contributed by atoms with Crippen molar-refractivity contribution in [2.45, 2.75) is 19.9 Å². The van der Waals surface area contributed by atoms with E-state index in [0.717, 1.165) is 12.2 Å². The van der Waals surface area contributed by atoms with Crippen LogP contribution in [0.5, 0.6) is 0 Å². The van der Waals surface area contributed by atoms with Crippen molar-refractivity contribution in [3.05, 3.63) is 41.0 Å². The molecule has 0 saturated heterocycles. The van der Waals surface area contributed by atoms with Gasteiger partial charge in [-0.15, -0.1) is 0 Å². The molecule has 5 nitrogen and oxygen atoms in total. The SMILES string of the molecule is CCc1cnc(CNC(=O)c2ccoc2Cl)o1. The van der Waals surface area contributed by atoms with E-state index in [0.29, 0.717) is 11.5 Å². The van der Waals surface area contributed by atoms with E-state index in [1.165, 1.54) is 12.3 Å². The van der Waals surface area contributed by atoms with Crippen LogP contribution < -0.4 is 5.32 Å². The van der Waals surface area contributed by atoms with Gasteiger partial charge in [-0.3, -0.25) is 4.79 Å². The first-order chi connectivity index (χ1) is 8.20. The highest BCUT2D eigenvalue weighted by Crippen LogP contribution is 2.16. The van der Waals surface area contributed by atoms with Gasteiger partial charge in [0.15, 0.2) is 0 Å². The Morgan fingerprint density at radius 2 is 2.41 bits per heavy atom. The first-order valence-electron chi connectivity index (χ1n) is 5.15. The molecule has 0 aliphatic rings. The normalized spacial score (nSPS) is 10.5. The molecule has 0 radical (unpaired) electrons. The zero-order valence-electron chi connectivity index (χ0n) is 9.20. The van der Waals surface area contributed by atoms with E-state index >= 15 is 0 Å². The molecule has 0 aromatic carbocycles. The first-order valence-corrected chi connectivity index (χ1v) is 5.53. The summed E-state index contributed by atoms with van der Waals surface area (Å²) in [6.45, 7) is 2.19. The molecule has 6 heteroatoms. The van der Waals surface area contributed by atoms with Crippen LogP contribution in [0.4, 0.5) is 0 Å². The molecule has 2 rings (SSSR count). The predicted molar refractivity (Wildman–Crippen MR) is 60.8 cm³/mol. The maximum Gasteiger partial charge on any atom is 0.256 e. The molecule has 2 aromatic heterocycles. The number of carbonyl (C=O) groups is 1. The third-order valence-electron chi connectivity index (χ3n) is 2.21. The number of amides is 1. The van der Waals surface area contributed by atoms with Crippen molar-refractivity contribution in [3.8, 4) is 0 Å². The summed E-state index contributed by atoms with van der Waals surface area (Å²) in [5.41, 5.74) is 0.300. The van der Waals surface area contributed by atoms with Gasteiger partial charge < -0.3 is 14.2 Å².